The molecular formula is C11H20N2O4. The standard InChI is InChI=1S/C11H20N2O4/c1-3-13(6-8(2)9(14)15)10(16)11(12)4-5-17-7-11/h8H,3-7,12H2,1-2H3,(H,14,15). The monoisotopic (exact) mass is 244 g/mol. The molecule has 3 N–H and O–H groups in total. The molecule has 1 rings (SSSR count). The van der Waals surface area contributed by atoms with Crippen LogP contribution in [0.5, 0.6) is 0 Å². The summed E-state index contributed by atoms with van der Waals surface area (Å²) in [5.41, 5.74) is 4.99. The third-order valence-corrected chi connectivity index (χ3v) is 3.06. The van der Waals surface area contributed by atoms with E-state index in [1.165, 1.54) is 4.90 Å². The van der Waals surface area contributed by atoms with E-state index in [0.29, 0.717) is 19.6 Å². The summed E-state index contributed by atoms with van der Waals surface area (Å²) in [5, 5.41) is 8.84. The summed E-state index contributed by atoms with van der Waals surface area (Å²) in [6.07, 6.45) is 0.490. The van der Waals surface area contributed by atoms with Crippen LogP contribution in [0.4, 0.5) is 0 Å². The maximum atomic E-state index is 12.2. The van der Waals surface area contributed by atoms with Crippen LogP contribution in [0.15, 0.2) is 0 Å². The van der Waals surface area contributed by atoms with Gasteiger partial charge in [-0.25, -0.2) is 0 Å². The molecule has 1 fully saturated rings. The van der Waals surface area contributed by atoms with Crippen molar-refractivity contribution in [2.24, 2.45) is 11.7 Å². The van der Waals surface area contributed by atoms with Gasteiger partial charge in [0.2, 0.25) is 5.91 Å². The SMILES string of the molecule is CCN(CC(C)C(=O)O)C(=O)C1(N)CCOC1. The summed E-state index contributed by atoms with van der Waals surface area (Å²) in [5.74, 6) is -1.72. The third kappa shape index (κ3) is 3.17. The van der Waals surface area contributed by atoms with Crippen LogP contribution in [0.3, 0.4) is 0 Å². The molecule has 2 unspecified atom stereocenters. The molecule has 6 heteroatoms. The molecule has 0 aliphatic carbocycles. The Morgan fingerprint density at radius 1 is 1.59 bits per heavy atom. The van der Waals surface area contributed by atoms with Crippen LogP contribution in [0.1, 0.15) is 20.3 Å². The zero-order chi connectivity index (χ0) is 13.1. The smallest absolute Gasteiger partial charge is 0.308 e. The number of likely N-dealkylation sites (N-methyl/N-ethyl adjacent to an activating group) is 1. The predicted molar refractivity (Wildman–Crippen MR) is 61.4 cm³/mol. The molecule has 2 atom stereocenters. The summed E-state index contributed by atoms with van der Waals surface area (Å²) in [7, 11) is 0. The number of rotatable bonds is 5. The third-order valence-electron chi connectivity index (χ3n) is 3.06. The topological polar surface area (TPSA) is 92.9 Å². The number of carbonyl (C=O) groups is 2. The highest BCUT2D eigenvalue weighted by Gasteiger charge is 2.41. The summed E-state index contributed by atoms with van der Waals surface area (Å²) < 4.78 is 5.14. The zero-order valence-electron chi connectivity index (χ0n) is 10.3. The van der Waals surface area contributed by atoms with Gasteiger partial charge in [0.1, 0.15) is 5.54 Å². The zero-order valence-corrected chi connectivity index (χ0v) is 10.3. The summed E-state index contributed by atoms with van der Waals surface area (Å²) in [6, 6.07) is 0. The number of hydrogen-bond acceptors (Lipinski definition) is 4. The van der Waals surface area contributed by atoms with E-state index >= 15 is 0 Å². The Morgan fingerprint density at radius 2 is 2.24 bits per heavy atom. The minimum atomic E-state index is -0.978. The number of carbonyl (C=O) groups excluding carboxylic acids is 1. The molecule has 1 heterocycles. The molecule has 1 amide bonds. The van der Waals surface area contributed by atoms with Crippen molar-refractivity contribution in [1.29, 1.82) is 0 Å². The van der Waals surface area contributed by atoms with E-state index in [4.69, 9.17) is 15.6 Å². The van der Waals surface area contributed by atoms with Crippen molar-refractivity contribution in [3.63, 3.8) is 0 Å². The molecule has 0 spiro atoms. The van der Waals surface area contributed by atoms with Crippen LogP contribution < -0.4 is 5.73 Å². The number of ether oxygens (including phenoxy) is 1. The van der Waals surface area contributed by atoms with Crippen LogP contribution in [-0.4, -0.2) is 53.7 Å². The second-order valence-electron chi connectivity index (χ2n) is 4.54. The number of nitrogens with two attached hydrogens (primary N) is 1. The Kier molecular flexibility index (Phi) is 4.47. The lowest BCUT2D eigenvalue weighted by Gasteiger charge is -2.30. The number of carboxylic acids is 1. The second-order valence-corrected chi connectivity index (χ2v) is 4.54. The summed E-state index contributed by atoms with van der Waals surface area (Å²) in [4.78, 5) is 24.5. The van der Waals surface area contributed by atoms with Gasteiger partial charge < -0.3 is 20.5 Å². The van der Waals surface area contributed by atoms with Gasteiger partial charge >= 0.3 is 5.97 Å². The quantitative estimate of drug-likeness (QED) is 0.691. The van der Waals surface area contributed by atoms with Gasteiger partial charge in [-0.2, -0.15) is 0 Å². The van der Waals surface area contributed by atoms with Crippen LogP contribution >= 0.6 is 0 Å². The van der Waals surface area contributed by atoms with Crippen molar-refractivity contribution >= 4 is 11.9 Å². The van der Waals surface area contributed by atoms with E-state index in [-0.39, 0.29) is 19.1 Å². The van der Waals surface area contributed by atoms with Gasteiger partial charge in [-0.3, -0.25) is 9.59 Å². The van der Waals surface area contributed by atoms with Crippen molar-refractivity contribution in [2.75, 3.05) is 26.3 Å². The first kappa shape index (κ1) is 13.9. The number of hydrogen-bond donors (Lipinski definition) is 2. The minimum absolute atomic E-state index is 0.184. The molecule has 1 aliphatic rings. The Bertz CT molecular complexity index is 300. The molecule has 6 nitrogen and oxygen atoms in total. The normalized spacial score (nSPS) is 25.6. The van der Waals surface area contributed by atoms with Crippen molar-refractivity contribution in [3.8, 4) is 0 Å². The van der Waals surface area contributed by atoms with Crippen molar-refractivity contribution in [3.05, 3.63) is 0 Å². The van der Waals surface area contributed by atoms with Gasteiger partial charge in [0, 0.05) is 19.7 Å². The Labute approximate surface area is 101 Å². The maximum Gasteiger partial charge on any atom is 0.308 e. The molecule has 1 aliphatic heterocycles. The van der Waals surface area contributed by atoms with Crippen LogP contribution in [0.2, 0.25) is 0 Å². The van der Waals surface area contributed by atoms with Crippen LogP contribution in [0.25, 0.3) is 0 Å². The Hall–Kier alpha value is -1.14. The minimum Gasteiger partial charge on any atom is -0.481 e. The number of aliphatic carboxylic acids is 1. The Morgan fingerprint density at radius 3 is 2.65 bits per heavy atom. The highest BCUT2D eigenvalue weighted by atomic mass is 16.5. The molecule has 98 valence electrons. The van der Waals surface area contributed by atoms with E-state index in [2.05, 4.69) is 0 Å². The van der Waals surface area contributed by atoms with Crippen molar-refractivity contribution in [1.82, 2.24) is 4.90 Å². The van der Waals surface area contributed by atoms with Gasteiger partial charge in [0.15, 0.2) is 0 Å². The van der Waals surface area contributed by atoms with Gasteiger partial charge in [0.25, 0.3) is 0 Å². The first-order valence-electron chi connectivity index (χ1n) is 5.79. The Balaban J connectivity index is 2.67. The largest absolute Gasteiger partial charge is 0.481 e. The molecule has 0 aromatic heterocycles. The fourth-order valence-corrected chi connectivity index (χ4v) is 1.83. The first-order valence-corrected chi connectivity index (χ1v) is 5.79. The van der Waals surface area contributed by atoms with Crippen LogP contribution in [0, 0.1) is 5.92 Å². The number of amides is 1. The predicted octanol–water partition coefficient (Wildman–Crippen LogP) is -0.327. The highest BCUT2D eigenvalue weighted by Crippen LogP contribution is 2.19. The van der Waals surface area contributed by atoms with Crippen LogP contribution in [-0.2, 0) is 14.3 Å². The molecule has 0 bridgehead atoms. The van der Waals surface area contributed by atoms with Crippen molar-refractivity contribution < 1.29 is 19.4 Å². The fourth-order valence-electron chi connectivity index (χ4n) is 1.83. The average Bonchev–Trinajstić information content (AvgIpc) is 2.72. The summed E-state index contributed by atoms with van der Waals surface area (Å²) in [6.45, 7) is 4.72. The molecule has 0 aromatic carbocycles. The first-order chi connectivity index (χ1) is 7.90. The van der Waals surface area contributed by atoms with Gasteiger partial charge in [-0.1, -0.05) is 6.92 Å². The van der Waals surface area contributed by atoms with Crippen molar-refractivity contribution in [2.45, 2.75) is 25.8 Å². The molecular weight excluding hydrogens is 224 g/mol. The van der Waals surface area contributed by atoms with E-state index in [1.54, 1.807) is 6.92 Å². The summed E-state index contributed by atoms with van der Waals surface area (Å²) >= 11 is 0. The van der Waals surface area contributed by atoms with Gasteiger partial charge in [0.05, 0.1) is 12.5 Å². The lowest BCUT2D eigenvalue weighted by molar-refractivity contribution is -0.144. The maximum absolute atomic E-state index is 12.2. The fraction of sp³-hybridized carbons (Fsp3) is 0.818. The lowest BCUT2D eigenvalue weighted by atomic mass is 9.97. The number of carboxylic acid groups (broad SMARTS) is 1. The highest BCUT2D eigenvalue weighted by molar-refractivity contribution is 5.87. The molecule has 0 radical (unpaired) electrons. The van der Waals surface area contributed by atoms with E-state index in [9.17, 15) is 9.59 Å². The molecule has 0 saturated carbocycles. The molecule has 0 aromatic rings. The van der Waals surface area contributed by atoms with Gasteiger partial charge in [-0.05, 0) is 13.3 Å². The van der Waals surface area contributed by atoms with E-state index in [1.807, 2.05) is 6.92 Å². The molecule has 17 heavy (non-hydrogen) atoms. The number of nitrogens with zero attached hydrogens (tertiary/aromatic N) is 1. The van der Waals surface area contributed by atoms with Gasteiger partial charge in [-0.15, -0.1) is 0 Å². The second kappa shape index (κ2) is 5.46. The average molecular weight is 244 g/mol. The molecule has 1 saturated heterocycles. The lowest BCUT2D eigenvalue weighted by Crippen LogP contribution is -2.56. The van der Waals surface area contributed by atoms with E-state index < -0.39 is 17.4 Å². The van der Waals surface area contributed by atoms with E-state index in [0.717, 1.165) is 0 Å².